The lowest BCUT2D eigenvalue weighted by molar-refractivity contribution is 0.0949. The quantitative estimate of drug-likeness (QED) is 0.303. The number of benzene rings is 2. The average molecular weight is 447 g/mol. The highest BCUT2D eigenvalue weighted by molar-refractivity contribution is 5.94. The van der Waals surface area contributed by atoms with Gasteiger partial charge in [-0.25, -0.2) is 10.1 Å². The maximum Gasteiger partial charge on any atom is 0.293 e. The third-order valence-electron chi connectivity index (χ3n) is 4.73. The maximum absolute atomic E-state index is 12.9. The second-order valence-electron chi connectivity index (χ2n) is 6.94. The zero-order valence-corrected chi connectivity index (χ0v) is 17.9. The molecule has 0 saturated carbocycles. The van der Waals surface area contributed by atoms with Crippen LogP contribution in [0.5, 0.6) is 5.75 Å². The van der Waals surface area contributed by atoms with Gasteiger partial charge in [0.1, 0.15) is 5.75 Å². The van der Waals surface area contributed by atoms with Crippen molar-refractivity contribution in [1.29, 1.82) is 0 Å². The van der Waals surface area contributed by atoms with Gasteiger partial charge in [0.05, 0.1) is 25.6 Å². The van der Waals surface area contributed by atoms with Gasteiger partial charge in [-0.3, -0.25) is 4.79 Å². The van der Waals surface area contributed by atoms with Crippen molar-refractivity contribution in [2.45, 2.75) is 6.54 Å². The molecule has 3 N–H and O–H groups in total. The predicted octanol–water partition coefficient (Wildman–Crippen LogP) is 1.64. The molecule has 1 amide bonds. The second-order valence-corrected chi connectivity index (χ2v) is 6.94. The first-order valence-electron chi connectivity index (χ1n) is 9.83. The Hall–Kier alpha value is -4.74. The number of carbonyl (C=O) groups is 1. The third-order valence-corrected chi connectivity index (χ3v) is 4.73. The number of amides is 1. The number of nitrogens with one attached hydrogen (secondary N) is 1. The number of para-hydroxylation sites is 1. The van der Waals surface area contributed by atoms with Gasteiger partial charge in [-0.05, 0) is 40.1 Å². The van der Waals surface area contributed by atoms with Crippen LogP contribution in [0.3, 0.4) is 0 Å². The molecule has 12 nitrogen and oxygen atoms in total. The first kappa shape index (κ1) is 21.5. The molecule has 0 atom stereocenters. The van der Waals surface area contributed by atoms with Crippen LogP contribution in [0.15, 0.2) is 64.3 Å². The van der Waals surface area contributed by atoms with Crippen LogP contribution in [-0.4, -0.2) is 51.6 Å². The molecule has 33 heavy (non-hydrogen) atoms. The van der Waals surface area contributed by atoms with Crippen LogP contribution < -0.4 is 20.8 Å². The Morgan fingerprint density at radius 2 is 2.06 bits per heavy atom. The summed E-state index contributed by atoms with van der Waals surface area (Å²) in [4.78, 5) is 14.8. The monoisotopic (exact) mass is 447 g/mol. The topological polar surface area (TPSA) is 150 Å². The molecule has 4 aromatic rings. The van der Waals surface area contributed by atoms with Crippen LogP contribution in [0.25, 0.3) is 5.82 Å². The number of nitrogens with two attached hydrogens (primary N) is 1. The molecule has 0 aliphatic heterocycles. The Morgan fingerprint density at radius 1 is 1.24 bits per heavy atom. The van der Waals surface area contributed by atoms with Crippen LogP contribution in [0.1, 0.15) is 21.7 Å². The number of nitrogen functional groups attached to an aromatic ring is 1. The molecule has 0 radical (unpaired) electrons. The van der Waals surface area contributed by atoms with E-state index in [0.717, 1.165) is 11.3 Å². The Morgan fingerprint density at radius 3 is 2.79 bits per heavy atom. The van der Waals surface area contributed by atoms with E-state index >= 15 is 0 Å². The summed E-state index contributed by atoms with van der Waals surface area (Å²) in [7, 11) is 3.45. The highest BCUT2D eigenvalue weighted by Crippen LogP contribution is 2.20. The Kier molecular flexibility index (Phi) is 6.25. The summed E-state index contributed by atoms with van der Waals surface area (Å²) in [5.74, 6) is 0.287. The van der Waals surface area contributed by atoms with Crippen molar-refractivity contribution in [3.8, 4) is 11.6 Å². The van der Waals surface area contributed by atoms with E-state index in [1.165, 1.54) is 10.9 Å². The van der Waals surface area contributed by atoms with Crippen molar-refractivity contribution in [3.63, 3.8) is 0 Å². The molecule has 4 rings (SSSR count). The Labute approximate surface area is 188 Å². The zero-order valence-electron chi connectivity index (χ0n) is 17.9. The summed E-state index contributed by atoms with van der Waals surface area (Å²) in [6, 6.07) is 16.9. The first-order valence-corrected chi connectivity index (χ1v) is 9.83. The van der Waals surface area contributed by atoms with Gasteiger partial charge >= 0.3 is 0 Å². The van der Waals surface area contributed by atoms with Crippen LogP contribution in [0, 0.1) is 0 Å². The Balaban J connectivity index is 1.60. The van der Waals surface area contributed by atoms with E-state index in [9.17, 15) is 4.79 Å². The molecular formula is C21H21N9O3. The molecule has 168 valence electrons. The van der Waals surface area contributed by atoms with E-state index in [2.05, 4.69) is 35.8 Å². The van der Waals surface area contributed by atoms with Crippen LogP contribution >= 0.6 is 0 Å². The number of nitrogens with zero attached hydrogens (tertiary/aromatic N) is 7. The van der Waals surface area contributed by atoms with Gasteiger partial charge < -0.3 is 15.4 Å². The minimum atomic E-state index is -0.549. The number of aromatic nitrogens is 5. The van der Waals surface area contributed by atoms with Crippen LogP contribution in [0.2, 0.25) is 0 Å². The number of hydrazone groups is 1. The van der Waals surface area contributed by atoms with Gasteiger partial charge in [-0.1, -0.05) is 35.5 Å². The number of anilines is 2. The van der Waals surface area contributed by atoms with E-state index < -0.39 is 5.91 Å². The molecule has 2 aromatic carbocycles. The number of ether oxygens (including phenoxy) is 1. The summed E-state index contributed by atoms with van der Waals surface area (Å²) in [6.07, 6.45) is 1.50. The average Bonchev–Trinajstić information content (AvgIpc) is 3.45. The number of hydrogen-bond acceptors (Lipinski definition) is 10. The lowest BCUT2D eigenvalue weighted by atomic mass is 10.2. The zero-order chi connectivity index (χ0) is 23.2. The van der Waals surface area contributed by atoms with E-state index in [0.29, 0.717) is 11.4 Å². The van der Waals surface area contributed by atoms with Gasteiger partial charge in [0, 0.05) is 12.7 Å². The van der Waals surface area contributed by atoms with Gasteiger partial charge in [-0.15, -0.1) is 5.10 Å². The van der Waals surface area contributed by atoms with Crippen molar-refractivity contribution >= 4 is 23.6 Å². The molecule has 0 aliphatic rings. The largest absolute Gasteiger partial charge is 0.497 e. The van der Waals surface area contributed by atoms with Crippen molar-refractivity contribution in [1.82, 2.24) is 30.7 Å². The van der Waals surface area contributed by atoms with Gasteiger partial charge in [0.25, 0.3) is 5.91 Å². The molecule has 0 fully saturated rings. The van der Waals surface area contributed by atoms with Gasteiger partial charge in [0.15, 0.2) is 5.69 Å². The molecule has 2 aromatic heterocycles. The van der Waals surface area contributed by atoms with Crippen molar-refractivity contribution in [2.75, 3.05) is 24.8 Å². The van der Waals surface area contributed by atoms with Gasteiger partial charge in [-0.2, -0.15) is 9.78 Å². The van der Waals surface area contributed by atoms with E-state index in [1.807, 2.05) is 60.5 Å². The van der Waals surface area contributed by atoms with Crippen molar-refractivity contribution in [2.24, 2.45) is 5.10 Å². The summed E-state index contributed by atoms with van der Waals surface area (Å²) < 4.78 is 11.2. The lowest BCUT2D eigenvalue weighted by Gasteiger charge is -2.19. The minimum Gasteiger partial charge on any atom is -0.497 e. The molecule has 0 bridgehead atoms. The number of hydrogen-bond donors (Lipinski definition) is 2. The van der Waals surface area contributed by atoms with Crippen molar-refractivity contribution in [3.05, 3.63) is 71.5 Å². The van der Waals surface area contributed by atoms with Crippen LogP contribution in [0.4, 0.5) is 11.5 Å². The van der Waals surface area contributed by atoms with Crippen molar-refractivity contribution < 1.29 is 14.2 Å². The molecule has 12 heteroatoms. The molecular weight excluding hydrogens is 426 g/mol. The fourth-order valence-corrected chi connectivity index (χ4v) is 3.07. The number of methoxy groups -OCH3 is 1. The van der Waals surface area contributed by atoms with E-state index in [1.54, 1.807) is 13.2 Å². The van der Waals surface area contributed by atoms with E-state index in [-0.39, 0.29) is 23.9 Å². The summed E-state index contributed by atoms with van der Waals surface area (Å²) in [5.41, 5.74) is 10.5. The maximum atomic E-state index is 12.9. The molecule has 0 unspecified atom stereocenters. The highest BCUT2D eigenvalue weighted by Gasteiger charge is 2.25. The lowest BCUT2D eigenvalue weighted by Crippen LogP contribution is -2.24. The molecule has 2 heterocycles. The smallest absolute Gasteiger partial charge is 0.293 e. The molecule has 0 spiro atoms. The standard InChI is InChI=1S/C21H21N9O3/c1-29(15-8-4-3-5-9-15)13-17-18(24-28-30(17)20-19(22)26-33-27-20)21(31)25-23-12-14-7-6-10-16(11-14)32-2/h3-12H,13H2,1-2H3,(H2,22,26)(H,25,31). The SMILES string of the molecule is COc1cccc(C=NNC(=O)c2nnn(-c3nonc3N)c2CN(C)c2ccccc2)c1. The minimum absolute atomic E-state index is 0.0199. The fourth-order valence-electron chi connectivity index (χ4n) is 3.07. The predicted molar refractivity (Wildman–Crippen MR) is 120 cm³/mol. The number of carbonyl (C=O) groups excluding carboxylic acids is 1. The highest BCUT2D eigenvalue weighted by atomic mass is 16.6. The Bertz CT molecular complexity index is 1270. The number of rotatable bonds is 8. The summed E-state index contributed by atoms with van der Waals surface area (Å²) >= 11 is 0. The second kappa shape index (κ2) is 9.60. The first-order chi connectivity index (χ1) is 16.1. The van der Waals surface area contributed by atoms with Crippen LogP contribution in [-0.2, 0) is 6.54 Å². The summed E-state index contributed by atoms with van der Waals surface area (Å²) in [5, 5.41) is 19.4. The normalized spacial score (nSPS) is 11.0. The van der Waals surface area contributed by atoms with Gasteiger partial charge in [0.2, 0.25) is 11.6 Å². The fraction of sp³-hybridized carbons (Fsp3) is 0.143. The summed E-state index contributed by atoms with van der Waals surface area (Å²) in [6.45, 7) is 0.270. The van der Waals surface area contributed by atoms with E-state index in [4.69, 9.17) is 10.5 Å². The third kappa shape index (κ3) is 4.79. The molecule has 0 saturated heterocycles. The molecule has 0 aliphatic carbocycles.